The van der Waals surface area contributed by atoms with Gasteiger partial charge >= 0.3 is 0 Å². The quantitative estimate of drug-likeness (QED) is 0.724. The first-order valence-corrected chi connectivity index (χ1v) is 6.41. The van der Waals surface area contributed by atoms with Crippen molar-refractivity contribution in [1.29, 1.82) is 0 Å². The number of nitrogens with zero attached hydrogens (tertiary/aromatic N) is 3. The maximum absolute atomic E-state index is 12.1. The lowest BCUT2D eigenvalue weighted by molar-refractivity contribution is 0.572. The van der Waals surface area contributed by atoms with Gasteiger partial charge in [-0.2, -0.15) is 0 Å². The lowest BCUT2D eigenvalue weighted by Gasteiger charge is -2.08. The molecule has 3 aromatic heterocycles. The number of hydrogen-bond donors (Lipinski definition) is 2. The van der Waals surface area contributed by atoms with Crippen molar-refractivity contribution in [2.24, 2.45) is 5.73 Å². The Morgan fingerprint density at radius 1 is 1.55 bits per heavy atom. The van der Waals surface area contributed by atoms with E-state index in [0.29, 0.717) is 41.3 Å². The van der Waals surface area contributed by atoms with Gasteiger partial charge < -0.3 is 19.7 Å². The second-order valence-electron chi connectivity index (χ2n) is 4.61. The fourth-order valence-corrected chi connectivity index (χ4v) is 2.47. The van der Waals surface area contributed by atoms with Gasteiger partial charge in [0.15, 0.2) is 0 Å². The number of aryl methyl sites for hydroxylation is 1. The Kier molecular flexibility index (Phi) is 4.35. The average Bonchev–Trinajstić information content (AvgIpc) is 3.01. The zero-order valence-corrected chi connectivity index (χ0v) is 12.6. The highest BCUT2D eigenvalue weighted by molar-refractivity contribution is 5.99. The van der Waals surface area contributed by atoms with Crippen molar-refractivity contribution in [2.45, 2.75) is 13.5 Å². The normalized spacial score (nSPS) is 10.4. The zero-order chi connectivity index (χ0) is 15.0. The maximum atomic E-state index is 12.1. The molecule has 0 aliphatic rings. The van der Waals surface area contributed by atoms with Crippen LogP contribution < -0.4 is 11.3 Å². The van der Waals surface area contributed by atoms with Crippen molar-refractivity contribution in [2.75, 3.05) is 6.54 Å². The second-order valence-corrected chi connectivity index (χ2v) is 4.61. The van der Waals surface area contributed by atoms with Crippen LogP contribution in [0.2, 0.25) is 0 Å². The number of furan rings is 1. The molecule has 0 saturated heterocycles. The Balaban J connectivity index is 0.00000176. The van der Waals surface area contributed by atoms with Crippen LogP contribution in [0.4, 0.5) is 5.69 Å². The van der Waals surface area contributed by atoms with E-state index in [1.165, 1.54) is 6.33 Å². The Bertz CT molecular complexity index is 916. The highest BCUT2D eigenvalue weighted by Crippen LogP contribution is 2.39. The number of rotatable bonds is 3. The summed E-state index contributed by atoms with van der Waals surface area (Å²) in [6.07, 6.45) is 2.85. The van der Waals surface area contributed by atoms with Crippen LogP contribution in [0.1, 0.15) is 5.56 Å². The van der Waals surface area contributed by atoms with Gasteiger partial charge in [0.1, 0.15) is 16.8 Å². The molecule has 0 saturated carbocycles. The summed E-state index contributed by atoms with van der Waals surface area (Å²) in [4.78, 5) is 22.4. The number of halogens is 1. The lowest BCUT2D eigenvalue weighted by atomic mass is 10.2. The van der Waals surface area contributed by atoms with Crippen LogP contribution in [-0.2, 0) is 6.54 Å². The van der Waals surface area contributed by atoms with E-state index in [-0.39, 0.29) is 18.0 Å². The second kappa shape index (κ2) is 6.05. The first kappa shape index (κ1) is 15.8. The summed E-state index contributed by atoms with van der Waals surface area (Å²) in [5.74, 6) is 0.562. The van der Waals surface area contributed by atoms with Crippen LogP contribution in [0.3, 0.4) is 0 Å². The molecule has 0 unspecified atom stereocenters. The summed E-state index contributed by atoms with van der Waals surface area (Å²) in [6.45, 7) is 10.1. The van der Waals surface area contributed by atoms with Crippen LogP contribution in [0.5, 0.6) is 0 Å². The molecule has 8 heteroatoms. The molecular formula is C14H14ClN5O2. The van der Waals surface area contributed by atoms with Crippen molar-refractivity contribution in [3.05, 3.63) is 46.0 Å². The van der Waals surface area contributed by atoms with E-state index >= 15 is 0 Å². The Labute approximate surface area is 132 Å². The third-order valence-electron chi connectivity index (χ3n) is 3.36. The number of hydrogen-bond acceptors (Lipinski definition) is 4. The molecule has 114 valence electrons. The molecule has 0 atom stereocenters. The van der Waals surface area contributed by atoms with Gasteiger partial charge in [0.25, 0.3) is 5.56 Å². The van der Waals surface area contributed by atoms with Gasteiger partial charge in [0.2, 0.25) is 5.69 Å². The van der Waals surface area contributed by atoms with E-state index in [9.17, 15) is 4.79 Å². The third-order valence-corrected chi connectivity index (χ3v) is 3.36. The Morgan fingerprint density at radius 2 is 2.32 bits per heavy atom. The third kappa shape index (κ3) is 2.19. The average molecular weight is 320 g/mol. The van der Waals surface area contributed by atoms with Gasteiger partial charge in [0.05, 0.1) is 24.9 Å². The fourth-order valence-electron chi connectivity index (χ4n) is 2.47. The summed E-state index contributed by atoms with van der Waals surface area (Å²) >= 11 is 0. The SMILES string of the molecule is Cl.[C-]#[N+]c1c(-c2occc2C)n(CCN)c2c(=O)[nH]cnc12. The molecular weight excluding hydrogens is 306 g/mol. The largest absolute Gasteiger partial charge is 0.464 e. The summed E-state index contributed by atoms with van der Waals surface area (Å²) in [6, 6.07) is 1.81. The molecule has 3 rings (SSSR count). The number of nitrogens with two attached hydrogens (primary N) is 1. The molecule has 0 amide bonds. The Hall–Kier alpha value is -2.56. The molecule has 22 heavy (non-hydrogen) atoms. The van der Waals surface area contributed by atoms with Gasteiger partial charge in [-0.25, -0.2) is 9.83 Å². The zero-order valence-electron chi connectivity index (χ0n) is 11.8. The highest BCUT2D eigenvalue weighted by Gasteiger charge is 2.24. The topological polar surface area (TPSA) is 94.2 Å². The molecule has 0 aromatic carbocycles. The lowest BCUT2D eigenvalue weighted by Crippen LogP contribution is -2.16. The number of fused-ring (bicyclic) bond motifs is 1. The summed E-state index contributed by atoms with van der Waals surface area (Å²) in [7, 11) is 0. The minimum absolute atomic E-state index is 0. The highest BCUT2D eigenvalue weighted by atomic mass is 35.5. The van der Waals surface area contributed by atoms with Crippen LogP contribution in [0.15, 0.2) is 27.9 Å². The van der Waals surface area contributed by atoms with Crippen LogP contribution >= 0.6 is 12.4 Å². The maximum Gasteiger partial charge on any atom is 0.273 e. The molecule has 0 bridgehead atoms. The number of aromatic nitrogens is 3. The van der Waals surface area contributed by atoms with Gasteiger partial charge in [-0.15, -0.1) is 12.4 Å². The molecule has 0 radical (unpaired) electrons. The monoisotopic (exact) mass is 319 g/mol. The molecule has 0 aliphatic carbocycles. The molecule has 3 N–H and O–H groups in total. The minimum atomic E-state index is -0.297. The minimum Gasteiger partial charge on any atom is -0.464 e. The van der Waals surface area contributed by atoms with E-state index in [2.05, 4.69) is 14.8 Å². The summed E-state index contributed by atoms with van der Waals surface area (Å²) < 4.78 is 7.21. The predicted octanol–water partition coefficient (Wildman–Crippen LogP) is 2.22. The molecule has 7 nitrogen and oxygen atoms in total. The van der Waals surface area contributed by atoms with E-state index in [1.807, 2.05) is 13.0 Å². The summed E-state index contributed by atoms with van der Waals surface area (Å²) in [5, 5.41) is 0. The van der Waals surface area contributed by atoms with E-state index in [1.54, 1.807) is 10.8 Å². The Morgan fingerprint density at radius 3 is 2.91 bits per heavy atom. The van der Waals surface area contributed by atoms with Crippen molar-refractivity contribution in [3.63, 3.8) is 0 Å². The van der Waals surface area contributed by atoms with Crippen molar-refractivity contribution in [3.8, 4) is 11.5 Å². The van der Waals surface area contributed by atoms with Crippen molar-refractivity contribution < 1.29 is 4.42 Å². The molecule has 0 fully saturated rings. The number of nitrogens with one attached hydrogen (secondary N) is 1. The molecule has 0 spiro atoms. The van der Waals surface area contributed by atoms with Gasteiger partial charge in [0, 0.05) is 13.1 Å². The fraction of sp³-hybridized carbons (Fsp3) is 0.214. The first-order valence-electron chi connectivity index (χ1n) is 6.41. The molecule has 3 aromatic rings. The number of aromatic amines is 1. The van der Waals surface area contributed by atoms with Crippen LogP contribution in [0, 0.1) is 13.5 Å². The van der Waals surface area contributed by atoms with Crippen LogP contribution in [0.25, 0.3) is 27.3 Å². The van der Waals surface area contributed by atoms with Gasteiger partial charge in [-0.3, -0.25) is 4.79 Å². The summed E-state index contributed by atoms with van der Waals surface area (Å²) in [5.41, 5.74) is 7.82. The predicted molar refractivity (Wildman–Crippen MR) is 85.4 cm³/mol. The van der Waals surface area contributed by atoms with E-state index < -0.39 is 0 Å². The van der Waals surface area contributed by atoms with Gasteiger partial charge in [-0.05, 0) is 18.6 Å². The molecule has 3 heterocycles. The van der Waals surface area contributed by atoms with Crippen molar-refractivity contribution in [1.82, 2.24) is 14.5 Å². The van der Waals surface area contributed by atoms with E-state index in [0.717, 1.165) is 5.56 Å². The van der Waals surface area contributed by atoms with Crippen molar-refractivity contribution >= 4 is 29.1 Å². The number of H-pyrrole nitrogens is 1. The smallest absolute Gasteiger partial charge is 0.273 e. The van der Waals surface area contributed by atoms with Crippen LogP contribution in [-0.4, -0.2) is 21.1 Å². The first-order chi connectivity index (χ1) is 10.2. The standard InChI is InChI=1S/C14H13N5O2.ClH/c1-8-3-6-21-13(8)11-9(16-2)10-12(19(11)5-4-15)14(20)18-7-17-10;/h3,6-7H,4-5,15H2,1H3,(H,17,18,20);1H. The van der Waals surface area contributed by atoms with Gasteiger partial charge in [-0.1, -0.05) is 0 Å². The van der Waals surface area contributed by atoms with E-state index in [4.69, 9.17) is 16.7 Å². The molecule has 0 aliphatic heterocycles.